The molecule has 5 nitrogen and oxygen atoms in total. The van der Waals surface area contributed by atoms with Crippen molar-refractivity contribution < 1.29 is 4.74 Å². The summed E-state index contributed by atoms with van der Waals surface area (Å²) in [5.41, 5.74) is 0.303. The van der Waals surface area contributed by atoms with Gasteiger partial charge in [0.2, 0.25) is 5.75 Å². The predicted molar refractivity (Wildman–Crippen MR) is 75.3 cm³/mol. The summed E-state index contributed by atoms with van der Waals surface area (Å²) >= 11 is 0. The molecule has 18 heavy (non-hydrogen) atoms. The number of ether oxygens (including phenoxy) is 1. The van der Waals surface area contributed by atoms with E-state index < -0.39 is 0 Å². The van der Waals surface area contributed by atoms with Gasteiger partial charge in [-0.2, -0.15) is 0 Å². The minimum Gasteiger partial charge on any atom is -0.490 e. The van der Waals surface area contributed by atoms with E-state index in [0.29, 0.717) is 11.2 Å². The Hall–Kier alpha value is -1.52. The monoisotopic (exact) mass is 252 g/mol. The maximum absolute atomic E-state index is 5.36. The molecule has 0 radical (unpaired) electrons. The highest BCUT2D eigenvalue weighted by Gasteiger charge is 2.13. The Kier molecular flexibility index (Phi) is 5.19. The normalized spacial score (nSPS) is 11.2. The fourth-order valence-electron chi connectivity index (χ4n) is 1.54. The summed E-state index contributed by atoms with van der Waals surface area (Å²) in [6.45, 7) is 10.3. The Morgan fingerprint density at radius 2 is 1.78 bits per heavy atom. The summed E-state index contributed by atoms with van der Waals surface area (Å²) in [6, 6.07) is 0. The summed E-state index contributed by atoms with van der Waals surface area (Å²) in [6.07, 6.45) is 2.61. The molecule has 0 atom stereocenters. The van der Waals surface area contributed by atoms with Crippen LogP contribution >= 0.6 is 0 Å². The molecule has 0 aliphatic heterocycles. The van der Waals surface area contributed by atoms with Crippen molar-refractivity contribution in [2.45, 2.75) is 34.1 Å². The van der Waals surface area contributed by atoms with Crippen LogP contribution in [0.3, 0.4) is 0 Å². The van der Waals surface area contributed by atoms with Crippen molar-refractivity contribution in [1.29, 1.82) is 0 Å². The maximum atomic E-state index is 5.36. The van der Waals surface area contributed by atoms with Crippen LogP contribution in [0.5, 0.6) is 5.75 Å². The standard InChI is InChI=1S/C13H24N4O/c1-6-14-11-10(18-5)12(17-9-16-11)15-8-7-13(2,3)4/h9H,6-8H2,1-5H3,(H2,14,15,16,17). The van der Waals surface area contributed by atoms with E-state index in [1.54, 1.807) is 13.4 Å². The van der Waals surface area contributed by atoms with Crippen molar-refractivity contribution in [3.63, 3.8) is 0 Å². The smallest absolute Gasteiger partial charge is 0.204 e. The lowest BCUT2D eigenvalue weighted by Gasteiger charge is -2.19. The van der Waals surface area contributed by atoms with Crippen molar-refractivity contribution >= 4 is 11.6 Å². The van der Waals surface area contributed by atoms with E-state index in [1.807, 2.05) is 6.92 Å². The summed E-state index contributed by atoms with van der Waals surface area (Å²) < 4.78 is 5.36. The molecule has 0 aliphatic rings. The molecular weight excluding hydrogens is 228 g/mol. The van der Waals surface area contributed by atoms with Gasteiger partial charge >= 0.3 is 0 Å². The van der Waals surface area contributed by atoms with Crippen LogP contribution in [0, 0.1) is 5.41 Å². The largest absolute Gasteiger partial charge is 0.490 e. The number of anilines is 2. The lowest BCUT2D eigenvalue weighted by molar-refractivity contribution is 0.388. The van der Waals surface area contributed by atoms with Crippen LogP contribution in [-0.2, 0) is 0 Å². The molecule has 1 aromatic rings. The fourth-order valence-corrected chi connectivity index (χ4v) is 1.54. The fraction of sp³-hybridized carbons (Fsp3) is 0.692. The highest BCUT2D eigenvalue weighted by atomic mass is 16.5. The second-order valence-corrected chi connectivity index (χ2v) is 5.37. The Labute approximate surface area is 109 Å². The SMILES string of the molecule is CCNc1ncnc(NCCC(C)(C)C)c1OC. The van der Waals surface area contributed by atoms with Gasteiger partial charge in [-0.25, -0.2) is 9.97 Å². The average Bonchev–Trinajstić information content (AvgIpc) is 2.28. The third kappa shape index (κ3) is 4.39. The molecule has 102 valence electrons. The van der Waals surface area contributed by atoms with Gasteiger partial charge in [-0.05, 0) is 18.8 Å². The number of hydrogen-bond acceptors (Lipinski definition) is 5. The van der Waals surface area contributed by atoms with Gasteiger partial charge in [-0.3, -0.25) is 0 Å². The molecule has 2 N–H and O–H groups in total. The summed E-state index contributed by atoms with van der Waals surface area (Å²) in [7, 11) is 1.63. The first kappa shape index (κ1) is 14.5. The average molecular weight is 252 g/mol. The van der Waals surface area contributed by atoms with Crippen molar-refractivity contribution in [2.75, 3.05) is 30.8 Å². The second-order valence-electron chi connectivity index (χ2n) is 5.37. The van der Waals surface area contributed by atoms with Crippen LogP contribution in [0.2, 0.25) is 0 Å². The number of hydrogen-bond donors (Lipinski definition) is 2. The van der Waals surface area contributed by atoms with Crippen molar-refractivity contribution in [2.24, 2.45) is 5.41 Å². The molecule has 0 fully saturated rings. The first-order chi connectivity index (χ1) is 8.48. The van der Waals surface area contributed by atoms with Crippen LogP contribution < -0.4 is 15.4 Å². The Morgan fingerprint density at radius 1 is 1.17 bits per heavy atom. The predicted octanol–water partition coefficient (Wildman–Crippen LogP) is 2.77. The summed E-state index contributed by atoms with van der Waals surface area (Å²) in [5, 5.41) is 6.46. The van der Waals surface area contributed by atoms with Gasteiger partial charge < -0.3 is 15.4 Å². The minimum atomic E-state index is 0.303. The third-order valence-corrected chi connectivity index (χ3v) is 2.52. The zero-order chi connectivity index (χ0) is 13.6. The molecule has 0 aliphatic carbocycles. The molecule has 0 saturated heterocycles. The van der Waals surface area contributed by atoms with Gasteiger partial charge in [0.15, 0.2) is 11.6 Å². The molecule has 0 spiro atoms. The van der Waals surface area contributed by atoms with E-state index in [-0.39, 0.29) is 0 Å². The Balaban J connectivity index is 2.72. The van der Waals surface area contributed by atoms with Crippen LogP contribution in [0.15, 0.2) is 6.33 Å². The van der Waals surface area contributed by atoms with Gasteiger partial charge in [-0.1, -0.05) is 20.8 Å². The molecule has 0 saturated carbocycles. The second kappa shape index (κ2) is 6.42. The maximum Gasteiger partial charge on any atom is 0.204 e. The summed E-state index contributed by atoms with van der Waals surface area (Å²) in [4.78, 5) is 8.39. The molecule has 0 amide bonds. The molecule has 1 heterocycles. The summed E-state index contributed by atoms with van der Waals surface area (Å²) in [5.74, 6) is 2.15. The number of methoxy groups -OCH3 is 1. The molecular formula is C13H24N4O. The van der Waals surface area contributed by atoms with E-state index in [2.05, 4.69) is 41.4 Å². The number of aromatic nitrogens is 2. The molecule has 1 rings (SSSR count). The highest BCUT2D eigenvalue weighted by molar-refractivity contribution is 5.63. The molecule has 0 unspecified atom stereocenters. The number of rotatable bonds is 6. The van der Waals surface area contributed by atoms with Crippen molar-refractivity contribution in [1.82, 2.24) is 9.97 Å². The van der Waals surface area contributed by atoms with Crippen LogP contribution in [0.4, 0.5) is 11.6 Å². The Morgan fingerprint density at radius 3 is 2.28 bits per heavy atom. The minimum absolute atomic E-state index is 0.303. The van der Waals surface area contributed by atoms with E-state index in [0.717, 1.165) is 31.1 Å². The van der Waals surface area contributed by atoms with E-state index in [1.165, 1.54) is 0 Å². The van der Waals surface area contributed by atoms with Gasteiger partial charge in [0.1, 0.15) is 6.33 Å². The quantitative estimate of drug-likeness (QED) is 0.815. The van der Waals surface area contributed by atoms with Crippen molar-refractivity contribution in [3.05, 3.63) is 6.33 Å². The topological polar surface area (TPSA) is 59.1 Å². The zero-order valence-electron chi connectivity index (χ0n) is 12.0. The Bertz CT molecular complexity index is 374. The van der Waals surface area contributed by atoms with E-state index in [4.69, 9.17) is 4.74 Å². The van der Waals surface area contributed by atoms with E-state index >= 15 is 0 Å². The van der Waals surface area contributed by atoms with Crippen LogP contribution in [-0.4, -0.2) is 30.2 Å². The zero-order valence-corrected chi connectivity index (χ0v) is 12.0. The van der Waals surface area contributed by atoms with Crippen molar-refractivity contribution in [3.8, 4) is 5.75 Å². The van der Waals surface area contributed by atoms with Gasteiger partial charge in [0, 0.05) is 13.1 Å². The molecule has 5 heteroatoms. The lowest BCUT2D eigenvalue weighted by Crippen LogP contribution is -2.14. The molecule has 0 aromatic carbocycles. The van der Waals surface area contributed by atoms with Gasteiger partial charge in [0.25, 0.3) is 0 Å². The first-order valence-electron chi connectivity index (χ1n) is 6.34. The molecule has 0 bridgehead atoms. The first-order valence-corrected chi connectivity index (χ1v) is 6.34. The highest BCUT2D eigenvalue weighted by Crippen LogP contribution is 2.29. The van der Waals surface area contributed by atoms with Crippen LogP contribution in [0.25, 0.3) is 0 Å². The number of nitrogens with zero attached hydrogens (tertiary/aromatic N) is 2. The number of nitrogens with one attached hydrogen (secondary N) is 2. The van der Waals surface area contributed by atoms with E-state index in [9.17, 15) is 0 Å². The molecule has 1 aromatic heterocycles. The van der Waals surface area contributed by atoms with Crippen LogP contribution in [0.1, 0.15) is 34.1 Å². The van der Waals surface area contributed by atoms with Gasteiger partial charge in [-0.15, -0.1) is 0 Å². The lowest BCUT2D eigenvalue weighted by atomic mass is 9.92. The third-order valence-electron chi connectivity index (χ3n) is 2.52. The van der Waals surface area contributed by atoms with Gasteiger partial charge in [0.05, 0.1) is 7.11 Å².